The number of nitrogens with zero attached hydrogens (tertiary/aromatic N) is 1. The maximum absolute atomic E-state index is 13.5. The number of carbonyl (C=O) groups excluding carboxylic acids is 1. The fourth-order valence-electron chi connectivity index (χ4n) is 2.41. The molecule has 2 N–H and O–H groups in total. The van der Waals surface area contributed by atoms with Crippen molar-refractivity contribution in [3.05, 3.63) is 76.8 Å². The molecule has 0 spiro atoms. The third-order valence-corrected chi connectivity index (χ3v) is 3.97. The third kappa shape index (κ3) is 3.08. The van der Waals surface area contributed by atoms with Gasteiger partial charge in [0, 0.05) is 16.7 Å². The summed E-state index contributed by atoms with van der Waals surface area (Å²) in [5.74, 6) is -1.04. The van der Waals surface area contributed by atoms with E-state index in [9.17, 15) is 23.1 Å². The minimum absolute atomic E-state index is 0.0252. The highest BCUT2D eigenvalue weighted by Gasteiger charge is 2.61. The van der Waals surface area contributed by atoms with Gasteiger partial charge in [-0.1, -0.05) is 41.9 Å². The molecule has 8 heteroatoms. The number of hydrazine groups is 1. The number of rotatable bonds is 2. The van der Waals surface area contributed by atoms with Crippen LogP contribution >= 0.6 is 11.6 Å². The zero-order valence-electron chi connectivity index (χ0n) is 12.6. The highest BCUT2D eigenvalue weighted by Crippen LogP contribution is 2.40. The summed E-state index contributed by atoms with van der Waals surface area (Å²) in [5.41, 5.74) is -0.797. The number of hydrogen-bond donors (Lipinski definition) is 2. The zero-order valence-corrected chi connectivity index (χ0v) is 13.3. The Hall–Kier alpha value is -2.51. The summed E-state index contributed by atoms with van der Waals surface area (Å²) in [7, 11) is 0. The van der Waals surface area contributed by atoms with Gasteiger partial charge in [-0.2, -0.15) is 13.2 Å². The maximum atomic E-state index is 13.5. The van der Waals surface area contributed by atoms with E-state index >= 15 is 0 Å². The number of hydrogen-bond acceptors (Lipinski definition) is 3. The van der Waals surface area contributed by atoms with Gasteiger partial charge in [-0.15, -0.1) is 0 Å². The van der Waals surface area contributed by atoms with Crippen LogP contribution < -0.4 is 5.43 Å². The second-order valence-electron chi connectivity index (χ2n) is 5.41. The van der Waals surface area contributed by atoms with E-state index in [2.05, 4.69) is 5.43 Å². The molecule has 0 unspecified atom stereocenters. The largest absolute Gasteiger partial charge is 0.442 e. The molecule has 1 atom stereocenters. The number of aliphatic hydroxyl groups is 1. The van der Waals surface area contributed by atoms with Crippen molar-refractivity contribution in [3.63, 3.8) is 0 Å². The molecular weight excluding hydrogens is 357 g/mol. The molecule has 130 valence electrons. The Bertz CT molecular complexity index is 822. The van der Waals surface area contributed by atoms with Crippen LogP contribution in [0.5, 0.6) is 0 Å². The Labute approximate surface area is 146 Å². The van der Waals surface area contributed by atoms with Gasteiger partial charge >= 0.3 is 6.18 Å². The van der Waals surface area contributed by atoms with Gasteiger partial charge in [-0.25, -0.2) is 5.01 Å². The van der Waals surface area contributed by atoms with Crippen molar-refractivity contribution in [3.8, 4) is 0 Å². The average Bonchev–Trinajstić information content (AvgIpc) is 2.95. The molecule has 0 aromatic heterocycles. The molecule has 25 heavy (non-hydrogen) atoms. The van der Waals surface area contributed by atoms with E-state index in [0.717, 1.165) is 0 Å². The predicted molar refractivity (Wildman–Crippen MR) is 86.2 cm³/mol. The molecule has 0 bridgehead atoms. The van der Waals surface area contributed by atoms with Crippen molar-refractivity contribution in [2.75, 3.05) is 0 Å². The fourth-order valence-corrected chi connectivity index (χ4v) is 2.53. The molecule has 0 fully saturated rings. The molecule has 1 aliphatic heterocycles. The first-order chi connectivity index (χ1) is 11.7. The first-order valence-electron chi connectivity index (χ1n) is 7.16. The highest BCUT2D eigenvalue weighted by atomic mass is 35.5. The van der Waals surface area contributed by atoms with Crippen molar-refractivity contribution in [2.45, 2.75) is 11.9 Å². The molecule has 1 amide bonds. The molecule has 1 aliphatic rings. The number of alkyl halides is 3. The SMILES string of the molecule is O=C(c1ccc(Cl)cc1)N1NC(c2ccccc2)=C[C@@]1(O)C(F)(F)F. The molecule has 4 nitrogen and oxygen atoms in total. The third-order valence-electron chi connectivity index (χ3n) is 3.72. The zero-order chi connectivity index (χ0) is 18.2. The van der Waals surface area contributed by atoms with Gasteiger partial charge in [0.05, 0.1) is 5.70 Å². The number of halogens is 4. The van der Waals surface area contributed by atoms with Crippen LogP contribution in [0.25, 0.3) is 5.70 Å². The van der Waals surface area contributed by atoms with Crippen molar-refractivity contribution in [1.29, 1.82) is 0 Å². The molecule has 2 aromatic carbocycles. The minimum atomic E-state index is -5.10. The first kappa shape index (κ1) is 17.3. The van der Waals surface area contributed by atoms with E-state index in [4.69, 9.17) is 11.6 Å². The Morgan fingerprint density at radius 2 is 1.68 bits per heavy atom. The van der Waals surface area contributed by atoms with Crippen molar-refractivity contribution in [1.82, 2.24) is 10.4 Å². The van der Waals surface area contributed by atoms with E-state index in [0.29, 0.717) is 16.7 Å². The Kier molecular flexibility index (Phi) is 4.22. The van der Waals surface area contributed by atoms with E-state index in [1.54, 1.807) is 30.3 Å². The lowest BCUT2D eigenvalue weighted by molar-refractivity contribution is -0.283. The lowest BCUT2D eigenvalue weighted by Crippen LogP contribution is -2.60. The predicted octanol–water partition coefficient (Wildman–Crippen LogP) is 3.59. The maximum Gasteiger partial charge on any atom is 0.442 e. The standard InChI is InChI=1S/C17H12ClF3N2O2/c18-13-8-6-12(7-9-13)15(24)23-16(25,17(19,20)21)10-14(22-23)11-4-2-1-3-5-11/h1-10,22,25H/t16-/m1/s1. The summed E-state index contributed by atoms with van der Waals surface area (Å²) < 4.78 is 40.4. The molecular formula is C17H12ClF3N2O2. The second-order valence-corrected chi connectivity index (χ2v) is 5.84. The molecule has 0 aliphatic carbocycles. The van der Waals surface area contributed by atoms with Crippen LogP contribution in [0.15, 0.2) is 60.7 Å². The quantitative estimate of drug-likeness (QED) is 0.851. The Morgan fingerprint density at radius 3 is 2.24 bits per heavy atom. The van der Waals surface area contributed by atoms with Crippen molar-refractivity contribution in [2.24, 2.45) is 0 Å². The van der Waals surface area contributed by atoms with Gasteiger partial charge in [0.15, 0.2) is 0 Å². The van der Waals surface area contributed by atoms with Crippen LogP contribution in [-0.2, 0) is 0 Å². The van der Waals surface area contributed by atoms with Gasteiger partial charge in [0.25, 0.3) is 11.6 Å². The molecule has 0 saturated carbocycles. The summed E-state index contributed by atoms with van der Waals surface area (Å²) in [6.07, 6.45) is -4.52. The molecule has 0 radical (unpaired) electrons. The smallest absolute Gasteiger partial charge is 0.359 e. The van der Waals surface area contributed by atoms with E-state index in [1.807, 2.05) is 0 Å². The van der Waals surface area contributed by atoms with Gasteiger partial charge in [0.2, 0.25) is 0 Å². The van der Waals surface area contributed by atoms with E-state index < -0.39 is 17.8 Å². The Balaban J connectivity index is 2.01. The van der Waals surface area contributed by atoms with Gasteiger partial charge in [-0.3, -0.25) is 10.2 Å². The van der Waals surface area contributed by atoms with E-state index in [-0.39, 0.29) is 16.3 Å². The van der Waals surface area contributed by atoms with Crippen molar-refractivity contribution >= 4 is 23.2 Å². The van der Waals surface area contributed by atoms with Gasteiger partial charge in [0.1, 0.15) is 0 Å². The topological polar surface area (TPSA) is 52.6 Å². The summed E-state index contributed by atoms with van der Waals surface area (Å²) in [6.45, 7) is 0. The van der Waals surface area contributed by atoms with Crippen LogP contribution in [0.4, 0.5) is 13.2 Å². The summed E-state index contributed by atoms with van der Waals surface area (Å²) in [5, 5.41) is 10.7. The first-order valence-corrected chi connectivity index (χ1v) is 7.54. The number of nitrogens with one attached hydrogen (secondary N) is 1. The summed E-state index contributed by atoms with van der Waals surface area (Å²) in [4.78, 5) is 12.5. The normalized spacial score (nSPS) is 20.2. The molecule has 3 rings (SSSR count). The Morgan fingerprint density at radius 1 is 1.08 bits per heavy atom. The van der Waals surface area contributed by atoms with Crippen LogP contribution in [-0.4, -0.2) is 27.9 Å². The second kappa shape index (κ2) is 6.09. The summed E-state index contributed by atoms with van der Waals surface area (Å²) in [6, 6.07) is 13.4. The number of amides is 1. The fraction of sp³-hybridized carbons (Fsp3) is 0.118. The van der Waals surface area contributed by atoms with Crippen LogP contribution in [0.1, 0.15) is 15.9 Å². The number of carbonyl (C=O) groups is 1. The van der Waals surface area contributed by atoms with Crippen LogP contribution in [0.3, 0.4) is 0 Å². The average molecular weight is 369 g/mol. The summed E-state index contributed by atoms with van der Waals surface area (Å²) >= 11 is 5.73. The van der Waals surface area contributed by atoms with Crippen LogP contribution in [0.2, 0.25) is 5.02 Å². The van der Waals surface area contributed by atoms with Crippen LogP contribution in [0, 0.1) is 0 Å². The van der Waals surface area contributed by atoms with Gasteiger partial charge in [-0.05, 0) is 29.8 Å². The molecule has 0 saturated heterocycles. The van der Waals surface area contributed by atoms with Crippen molar-refractivity contribution < 1.29 is 23.1 Å². The lowest BCUT2D eigenvalue weighted by Gasteiger charge is -2.33. The lowest BCUT2D eigenvalue weighted by atomic mass is 10.1. The highest BCUT2D eigenvalue weighted by molar-refractivity contribution is 6.30. The molecule has 2 aromatic rings. The molecule has 1 heterocycles. The van der Waals surface area contributed by atoms with E-state index in [1.165, 1.54) is 24.3 Å². The van der Waals surface area contributed by atoms with Gasteiger partial charge < -0.3 is 5.11 Å². The monoisotopic (exact) mass is 368 g/mol. The number of benzene rings is 2. The minimum Gasteiger partial charge on any atom is -0.359 e.